The van der Waals surface area contributed by atoms with E-state index < -0.39 is 5.09 Å². The molecule has 0 aromatic rings. The van der Waals surface area contributed by atoms with E-state index >= 15 is 0 Å². The van der Waals surface area contributed by atoms with E-state index in [-0.39, 0.29) is 6.47 Å². The highest BCUT2D eigenvalue weighted by Gasteiger charge is 1.65. The van der Waals surface area contributed by atoms with E-state index in [0.717, 1.165) is 0 Å². The Bertz CT molecular complexity index is 84.2. The standard InChI is InChI=1S/2C2H7N.CH2O2.HNO3/c2*1-3-2;2-1-3;2-1(3)4/h2*3H,1-2H3;1H,(H,2,3);(H,2,3,4). The number of hydrogen-bond donors (Lipinski definition) is 4. The van der Waals surface area contributed by atoms with Gasteiger partial charge in [0, 0.05) is 0 Å². The van der Waals surface area contributed by atoms with Crippen molar-refractivity contribution in [1.82, 2.24) is 10.6 Å². The third kappa shape index (κ3) is 393. The number of carboxylic acid groups (broad SMARTS) is 1. The summed E-state index contributed by atoms with van der Waals surface area (Å²) in [5.74, 6) is 0. The Morgan fingerprint density at radius 1 is 1.23 bits per heavy atom. The molecule has 8 heteroatoms. The van der Waals surface area contributed by atoms with Crippen LogP contribution in [-0.2, 0) is 4.79 Å². The fraction of sp³-hybridized carbons (Fsp3) is 0.800. The molecular weight excluding hydrogens is 182 g/mol. The molecule has 0 bridgehead atoms. The van der Waals surface area contributed by atoms with Crippen LogP contribution in [0.3, 0.4) is 0 Å². The van der Waals surface area contributed by atoms with E-state index in [2.05, 4.69) is 10.6 Å². The van der Waals surface area contributed by atoms with Crippen molar-refractivity contribution in [2.24, 2.45) is 0 Å². The Labute approximate surface area is 76.7 Å². The fourth-order valence-corrected chi connectivity index (χ4v) is 0. The maximum absolute atomic E-state index is 8.36. The van der Waals surface area contributed by atoms with Crippen LogP contribution in [0.2, 0.25) is 0 Å². The van der Waals surface area contributed by atoms with Gasteiger partial charge in [0.15, 0.2) is 0 Å². The topological polar surface area (TPSA) is 125 Å². The molecule has 0 aliphatic carbocycles. The Morgan fingerprint density at radius 2 is 1.23 bits per heavy atom. The van der Waals surface area contributed by atoms with E-state index in [4.69, 9.17) is 25.2 Å². The van der Waals surface area contributed by atoms with Crippen LogP contribution in [0.1, 0.15) is 0 Å². The van der Waals surface area contributed by atoms with Crippen LogP contribution in [-0.4, -0.2) is 50.1 Å². The molecule has 0 aromatic heterocycles. The van der Waals surface area contributed by atoms with E-state index in [1.165, 1.54) is 0 Å². The Morgan fingerprint density at radius 3 is 1.23 bits per heavy atom. The van der Waals surface area contributed by atoms with Gasteiger partial charge < -0.3 is 20.9 Å². The number of nitrogens with one attached hydrogen (secondary N) is 2. The normalized spacial score (nSPS) is 5.54. The van der Waals surface area contributed by atoms with Gasteiger partial charge in [-0.25, -0.2) is 0 Å². The second-order valence-corrected chi connectivity index (χ2v) is 1.34. The molecule has 0 radical (unpaired) electrons. The van der Waals surface area contributed by atoms with Gasteiger partial charge in [0.25, 0.3) is 11.6 Å². The molecule has 8 nitrogen and oxygen atoms in total. The average Bonchev–Trinajstić information content (AvgIpc) is 1.88. The zero-order valence-electron chi connectivity index (χ0n) is 8.14. The molecule has 82 valence electrons. The minimum absolute atomic E-state index is 0.250. The van der Waals surface area contributed by atoms with Crippen LogP contribution in [0.15, 0.2) is 0 Å². The SMILES string of the molecule is CNC.CNC.O=CO.O=[N+]([O-])O. The molecule has 0 rings (SSSR count). The van der Waals surface area contributed by atoms with Gasteiger partial charge in [0.05, 0.1) is 0 Å². The van der Waals surface area contributed by atoms with Crippen LogP contribution in [0.25, 0.3) is 0 Å². The molecule has 0 saturated heterocycles. The molecule has 0 aliphatic heterocycles. The van der Waals surface area contributed by atoms with Gasteiger partial charge >= 0.3 is 0 Å². The number of nitrogens with zero attached hydrogens (tertiary/aromatic N) is 1. The first-order chi connectivity index (χ1) is 5.97. The Kier molecular flexibility index (Phi) is 80.2. The molecule has 13 heavy (non-hydrogen) atoms. The molecule has 0 amide bonds. The highest BCUT2D eigenvalue weighted by molar-refractivity contribution is 5.32. The molecule has 0 aliphatic rings. The summed E-state index contributed by atoms with van der Waals surface area (Å²) in [4.78, 5) is 16.7. The Hall–Kier alpha value is -1.41. The monoisotopic (exact) mass is 199 g/mol. The summed E-state index contributed by atoms with van der Waals surface area (Å²) in [5, 5.41) is 26.0. The molecule has 0 saturated carbocycles. The van der Waals surface area contributed by atoms with Crippen molar-refractivity contribution >= 4 is 6.47 Å². The third-order valence-corrected chi connectivity index (χ3v) is 0. The molecule has 0 unspecified atom stereocenters. The van der Waals surface area contributed by atoms with Crippen LogP contribution in [0.5, 0.6) is 0 Å². The Balaban J connectivity index is -0.0000000420. The van der Waals surface area contributed by atoms with Gasteiger partial charge in [-0.3, -0.25) is 4.79 Å². The number of rotatable bonds is 0. The summed E-state index contributed by atoms with van der Waals surface area (Å²) in [5.41, 5.74) is 0. The van der Waals surface area contributed by atoms with Gasteiger partial charge in [-0.2, -0.15) is 0 Å². The first-order valence-electron chi connectivity index (χ1n) is 3.06. The van der Waals surface area contributed by atoms with Gasteiger partial charge in [-0.15, -0.1) is 10.1 Å². The lowest BCUT2D eigenvalue weighted by Crippen LogP contribution is -1.89. The van der Waals surface area contributed by atoms with Gasteiger partial charge in [0.1, 0.15) is 0 Å². The summed E-state index contributed by atoms with van der Waals surface area (Å²) in [6, 6.07) is 0. The highest BCUT2D eigenvalue weighted by Crippen LogP contribution is 1.38. The van der Waals surface area contributed by atoms with Crippen molar-refractivity contribution in [1.29, 1.82) is 0 Å². The largest absolute Gasteiger partial charge is 0.483 e. The van der Waals surface area contributed by atoms with E-state index in [9.17, 15) is 0 Å². The minimum atomic E-state index is -1.50. The number of carbonyl (C=O) groups is 1. The minimum Gasteiger partial charge on any atom is -0.483 e. The molecule has 0 aromatic carbocycles. The third-order valence-electron chi connectivity index (χ3n) is 0. The maximum atomic E-state index is 8.36. The zero-order valence-corrected chi connectivity index (χ0v) is 8.14. The van der Waals surface area contributed by atoms with Crippen LogP contribution < -0.4 is 10.6 Å². The van der Waals surface area contributed by atoms with Gasteiger partial charge in [0.2, 0.25) is 0 Å². The highest BCUT2D eigenvalue weighted by atomic mass is 16.9. The van der Waals surface area contributed by atoms with Crippen molar-refractivity contribution in [3.63, 3.8) is 0 Å². The van der Waals surface area contributed by atoms with Crippen LogP contribution >= 0.6 is 0 Å². The van der Waals surface area contributed by atoms with Crippen molar-refractivity contribution in [2.45, 2.75) is 0 Å². The zero-order chi connectivity index (χ0) is 11.7. The van der Waals surface area contributed by atoms with E-state index in [1.807, 2.05) is 28.2 Å². The van der Waals surface area contributed by atoms with Crippen molar-refractivity contribution in [3.8, 4) is 0 Å². The molecular formula is C5H17N3O5. The summed E-state index contributed by atoms with van der Waals surface area (Å²) >= 11 is 0. The predicted octanol–water partition coefficient (Wildman–Crippen LogP) is -0.976. The lowest BCUT2D eigenvalue weighted by atomic mass is 11.3. The summed E-state index contributed by atoms with van der Waals surface area (Å²) in [6.07, 6.45) is 0. The molecule has 0 heterocycles. The summed E-state index contributed by atoms with van der Waals surface area (Å²) < 4.78 is 0. The lowest BCUT2D eigenvalue weighted by molar-refractivity contribution is -0.742. The summed E-state index contributed by atoms with van der Waals surface area (Å²) in [7, 11) is 7.50. The van der Waals surface area contributed by atoms with Crippen molar-refractivity contribution < 1.29 is 20.2 Å². The van der Waals surface area contributed by atoms with Crippen molar-refractivity contribution in [2.75, 3.05) is 28.2 Å². The van der Waals surface area contributed by atoms with Crippen LogP contribution in [0.4, 0.5) is 0 Å². The van der Waals surface area contributed by atoms with Gasteiger partial charge in [-0.05, 0) is 28.2 Å². The maximum Gasteiger partial charge on any atom is 0.291 e. The van der Waals surface area contributed by atoms with Gasteiger partial charge in [-0.1, -0.05) is 0 Å². The average molecular weight is 199 g/mol. The fourth-order valence-electron chi connectivity index (χ4n) is 0. The van der Waals surface area contributed by atoms with E-state index in [0.29, 0.717) is 0 Å². The predicted molar refractivity (Wildman–Crippen MR) is 47.4 cm³/mol. The molecule has 0 fully saturated rings. The summed E-state index contributed by atoms with van der Waals surface area (Å²) in [6.45, 7) is -0.250. The smallest absolute Gasteiger partial charge is 0.291 e. The number of hydrogen-bond acceptors (Lipinski definition) is 5. The second-order valence-electron chi connectivity index (χ2n) is 1.34. The lowest BCUT2D eigenvalue weighted by Gasteiger charge is -1.59. The first-order valence-corrected chi connectivity index (χ1v) is 3.06. The first kappa shape index (κ1) is 22.6. The quantitative estimate of drug-likeness (QED) is 0.224. The molecule has 0 atom stereocenters. The van der Waals surface area contributed by atoms with Crippen LogP contribution in [0, 0.1) is 10.1 Å². The molecule has 0 spiro atoms. The van der Waals surface area contributed by atoms with E-state index in [1.54, 1.807) is 0 Å². The van der Waals surface area contributed by atoms with Crippen molar-refractivity contribution in [3.05, 3.63) is 10.1 Å². The second kappa shape index (κ2) is 46.2. The molecule has 4 N–H and O–H groups in total.